The summed E-state index contributed by atoms with van der Waals surface area (Å²) in [5.41, 5.74) is 0. The molecule has 4 heteroatoms. The lowest BCUT2D eigenvalue weighted by Gasteiger charge is -2.49. The average Bonchev–Trinajstić information content (AvgIpc) is 3.38. The van der Waals surface area contributed by atoms with E-state index in [2.05, 4.69) is 0 Å². The fourth-order valence-electron chi connectivity index (χ4n) is 4.12. The third-order valence-corrected chi connectivity index (χ3v) is 5.41. The van der Waals surface area contributed by atoms with Gasteiger partial charge in [0.25, 0.3) is 0 Å². The number of fused-ring (bicyclic) bond motifs is 1. The molecule has 0 bridgehead atoms. The normalized spacial score (nSPS) is 46.8. The van der Waals surface area contributed by atoms with Crippen molar-refractivity contribution in [1.82, 2.24) is 0 Å². The fourth-order valence-corrected chi connectivity index (χ4v) is 4.12. The van der Waals surface area contributed by atoms with E-state index in [1.807, 2.05) is 0 Å². The van der Waals surface area contributed by atoms with Crippen LogP contribution in [0.5, 0.6) is 0 Å². The molecule has 20 heavy (non-hydrogen) atoms. The number of hydrogen-bond donors (Lipinski definition) is 0. The highest BCUT2D eigenvalue weighted by molar-refractivity contribution is 4.93. The second kappa shape index (κ2) is 5.56. The van der Waals surface area contributed by atoms with E-state index in [0.717, 1.165) is 25.6 Å². The Labute approximate surface area is 121 Å². The van der Waals surface area contributed by atoms with E-state index in [1.165, 1.54) is 38.5 Å². The van der Waals surface area contributed by atoms with Gasteiger partial charge in [-0.1, -0.05) is 12.8 Å². The highest BCUT2D eigenvalue weighted by atomic mass is 16.7. The van der Waals surface area contributed by atoms with Crippen molar-refractivity contribution in [3.63, 3.8) is 0 Å². The molecule has 4 fully saturated rings. The minimum Gasteiger partial charge on any atom is -0.371 e. The Kier molecular flexibility index (Phi) is 3.75. The summed E-state index contributed by atoms with van der Waals surface area (Å²) in [6.07, 6.45) is 9.61. The molecule has 0 aromatic carbocycles. The van der Waals surface area contributed by atoms with Gasteiger partial charge in [-0.2, -0.15) is 0 Å². The number of hydrogen-bond acceptors (Lipinski definition) is 4. The zero-order valence-electron chi connectivity index (χ0n) is 12.2. The first-order valence-electron chi connectivity index (χ1n) is 8.37. The van der Waals surface area contributed by atoms with Crippen molar-refractivity contribution in [3.05, 3.63) is 0 Å². The Morgan fingerprint density at radius 3 is 2.10 bits per heavy atom. The van der Waals surface area contributed by atoms with Crippen LogP contribution in [0.2, 0.25) is 0 Å². The highest BCUT2D eigenvalue weighted by Crippen LogP contribution is 2.49. The van der Waals surface area contributed by atoms with Gasteiger partial charge < -0.3 is 18.9 Å². The summed E-state index contributed by atoms with van der Waals surface area (Å²) in [6, 6.07) is 0. The first kappa shape index (κ1) is 13.5. The van der Waals surface area contributed by atoms with Crippen LogP contribution in [0.15, 0.2) is 0 Å². The summed E-state index contributed by atoms with van der Waals surface area (Å²) in [4.78, 5) is 0. The maximum absolute atomic E-state index is 6.34. The molecule has 2 heterocycles. The van der Waals surface area contributed by atoms with Crippen molar-refractivity contribution in [2.24, 2.45) is 11.8 Å². The van der Waals surface area contributed by atoms with E-state index >= 15 is 0 Å². The fraction of sp³-hybridized carbons (Fsp3) is 1.00. The predicted octanol–water partition coefficient (Wildman–Crippen LogP) is 2.50. The van der Waals surface area contributed by atoms with Gasteiger partial charge in [0.15, 0.2) is 5.79 Å². The zero-order valence-corrected chi connectivity index (χ0v) is 12.2. The summed E-state index contributed by atoms with van der Waals surface area (Å²) in [5, 5.41) is 0. The van der Waals surface area contributed by atoms with Gasteiger partial charge in [0.1, 0.15) is 12.2 Å². The largest absolute Gasteiger partial charge is 0.371 e. The lowest BCUT2D eigenvalue weighted by Crippen LogP contribution is -2.51. The van der Waals surface area contributed by atoms with Crippen LogP contribution in [-0.4, -0.2) is 44.4 Å². The maximum Gasteiger partial charge on any atom is 0.171 e. The van der Waals surface area contributed by atoms with Crippen molar-refractivity contribution in [2.75, 3.05) is 26.4 Å². The van der Waals surface area contributed by atoms with Gasteiger partial charge in [-0.15, -0.1) is 0 Å². The highest BCUT2D eigenvalue weighted by Gasteiger charge is 2.49. The third kappa shape index (κ3) is 2.89. The standard InChI is InChI=1S/C16H26O4/c1-2-6-15-12(4-1)5-3-7-16(15,19-10-13-8-17-13)20-11-14-9-18-14/h12-15H,1-11H2. The van der Waals surface area contributed by atoms with Gasteiger partial charge in [0.05, 0.1) is 26.4 Å². The quantitative estimate of drug-likeness (QED) is 0.554. The molecule has 4 aliphatic rings. The molecular weight excluding hydrogens is 256 g/mol. The summed E-state index contributed by atoms with van der Waals surface area (Å²) >= 11 is 0. The zero-order chi connectivity index (χ0) is 13.4. The predicted molar refractivity (Wildman–Crippen MR) is 73.4 cm³/mol. The van der Waals surface area contributed by atoms with E-state index < -0.39 is 0 Å². The van der Waals surface area contributed by atoms with E-state index in [1.54, 1.807) is 0 Å². The number of epoxide rings is 2. The van der Waals surface area contributed by atoms with Gasteiger partial charge in [0, 0.05) is 12.3 Å². The van der Waals surface area contributed by atoms with Crippen molar-refractivity contribution in [2.45, 2.75) is 62.9 Å². The molecule has 4 atom stereocenters. The first-order chi connectivity index (χ1) is 9.86. The molecule has 2 saturated carbocycles. The smallest absolute Gasteiger partial charge is 0.171 e. The van der Waals surface area contributed by atoms with Crippen molar-refractivity contribution in [1.29, 1.82) is 0 Å². The second-order valence-corrected chi connectivity index (χ2v) is 6.89. The first-order valence-corrected chi connectivity index (χ1v) is 8.37. The Bertz CT molecular complexity index is 319. The van der Waals surface area contributed by atoms with Crippen LogP contribution >= 0.6 is 0 Å². The van der Waals surface area contributed by atoms with Crippen LogP contribution in [-0.2, 0) is 18.9 Å². The summed E-state index contributed by atoms with van der Waals surface area (Å²) in [7, 11) is 0. The lowest BCUT2D eigenvalue weighted by atomic mass is 9.67. The Morgan fingerprint density at radius 2 is 1.45 bits per heavy atom. The van der Waals surface area contributed by atoms with Gasteiger partial charge in [-0.25, -0.2) is 0 Å². The van der Waals surface area contributed by atoms with Crippen LogP contribution in [0.1, 0.15) is 44.9 Å². The topological polar surface area (TPSA) is 43.5 Å². The molecule has 114 valence electrons. The Balaban J connectivity index is 1.47. The Hall–Kier alpha value is -0.160. The lowest BCUT2D eigenvalue weighted by molar-refractivity contribution is -0.296. The van der Waals surface area contributed by atoms with Crippen molar-refractivity contribution < 1.29 is 18.9 Å². The molecule has 2 aliphatic heterocycles. The van der Waals surface area contributed by atoms with Crippen LogP contribution in [0.25, 0.3) is 0 Å². The van der Waals surface area contributed by atoms with Crippen molar-refractivity contribution >= 4 is 0 Å². The van der Waals surface area contributed by atoms with Crippen LogP contribution < -0.4 is 0 Å². The SMILES string of the molecule is C1CCC2C(C1)CCCC2(OCC1CO1)OCC1CO1. The summed E-state index contributed by atoms with van der Waals surface area (Å²) in [6.45, 7) is 3.12. The third-order valence-electron chi connectivity index (χ3n) is 5.41. The van der Waals surface area contributed by atoms with Gasteiger partial charge in [-0.3, -0.25) is 0 Å². The minimum atomic E-state index is -0.346. The number of ether oxygens (including phenoxy) is 4. The molecule has 0 aromatic heterocycles. The van der Waals surface area contributed by atoms with Crippen molar-refractivity contribution in [3.8, 4) is 0 Å². The molecule has 4 nitrogen and oxygen atoms in total. The van der Waals surface area contributed by atoms with E-state index in [0.29, 0.717) is 31.3 Å². The van der Waals surface area contributed by atoms with Gasteiger partial charge in [0.2, 0.25) is 0 Å². The monoisotopic (exact) mass is 282 g/mol. The van der Waals surface area contributed by atoms with Crippen LogP contribution in [0.3, 0.4) is 0 Å². The van der Waals surface area contributed by atoms with Gasteiger partial charge in [-0.05, 0) is 31.6 Å². The van der Waals surface area contributed by atoms with Gasteiger partial charge >= 0.3 is 0 Å². The second-order valence-electron chi connectivity index (χ2n) is 6.89. The van der Waals surface area contributed by atoms with E-state index in [9.17, 15) is 0 Å². The van der Waals surface area contributed by atoms with Crippen LogP contribution in [0, 0.1) is 11.8 Å². The van der Waals surface area contributed by atoms with Crippen LogP contribution in [0.4, 0.5) is 0 Å². The summed E-state index contributed by atoms with van der Waals surface area (Å²) in [5.74, 6) is 1.04. The molecule has 0 N–H and O–H groups in total. The average molecular weight is 282 g/mol. The van der Waals surface area contributed by atoms with E-state index in [-0.39, 0.29) is 5.79 Å². The molecule has 2 aliphatic carbocycles. The molecule has 4 rings (SSSR count). The molecule has 0 aromatic rings. The molecule has 2 saturated heterocycles. The number of rotatable bonds is 6. The maximum atomic E-state index is 6.34. The summed E-state index contributed by atoms with van der Waals surface area (Å²) < 4.78 is 23.3. The Morgan fingerprint density at radius 1 is 0.850 bits per heavy atom. The molecule has 0 radical (unpaired) electrons. The molecule has 4 unspecified atom stereocenters. The molecule has 0 amide bonds. The molecular formula is C16H26O4. The molecule has 0 spiro atoms. The minimum absolute atomic E-state index is 0.316. The van der Waals surface area contributed by atoms with E-state index in [4.69, 9.17) is 18.9 Å².